The Hall–Kier alpha value is -5.18. The summed E-state index contributed by atoms with van der Waals surface area (Å²) in [6.45, 7) is 34.5. The van der Waals surface area contributed by atoms with E-state index in [1.54, 1.807) is 0 Å². The lowest BCUT2D eigenvalue weighted by atomic mass is 9.56. The van der Waals surface area contributed by atoms with Gasteiger partial charge in [0.05, 0.1) is 52.4 Å². The van der Waals surface area contributed by atoms with Crippen LogP contribution in [0.4, 0.5) is 0 Å². The van der Waals surface area contributed by atoms with Gasteiger partial charge in [0, 0.05) is 10.8 Å². The zero-order chi connectivity index (χ0) is 62.3. The van der Waals surface area contributed by atoms with Crippen LogP contribution in [0.15, 0.2) is 103 Å². The standard InChI is InChI=1S/C77H104O12/c1-12-14-16-53(69-37-59(23-32-73(69)89-50-68-48-87-68)74(5,6)56-18-24-60(25-19-56)79-40-64-44-83-64)34-54-35-58(22-31-72(54)88-49-67-47-86-67)76(9,10)70(29-17-51(3)78-39-63-43-82-63)52(4)77(11,33-15-13-2)38-55-36-62(81-42-66-46-85-66)28-30-71(55)75(7,8)57-20-26-61(27-21-57)80-41-65-45-84-65/h18-28,30-32,35-37,51-53,63-68,70H,12-17,29,33-34,38-50H2,1-11H3. The Bertz CT molecular complexity index is 3060. The molecule has 0 bridgehead atoms. The van der Waals surface area contributed by atoms with E-state index in [0.717, 1.165) is 133 Å². The lowest BCUT2D eigenvalue weighted by Crippen LogP contribution is -2.42. The molecular weight excluding hydrogens is 1120 g/mol. The Balaban J connectivity index is 0.942. The summed E-state index contributed by atoms with van der Waals surface area (Å²) in [5, 5.41) is 0. The molecule has 0 radical (unpaired) electrons. The third-order valence-electron chi connectivity index (χ3n) is 20.6. The topological polar surface area (TPSA) is 131 Å². The van der Waals surface area contributed by atoms with Crippen LogP contribution < -0.4 is 23.7 Å². The molecule has 12 nitrogen and oxygen atoms in total. The Morgan fingerprint density at radius 1 is 0.449 bits per heavy atom. The smallest absolute Gasteiger partial charge is 0.122 e. The van der Waals surface area contributed by atoms with Crippen molar-refractivity contribution < 1.29 is 56.8 Å². The van der Waals surface area contributed by atoms with Crippen LogP contribution in [0, 0.1) is 17.3 Å². The van der Waals surface area contributed by atoms with Gasteiger partial charge in [-0.05, 0) is 167 Å². The van der Waals surface area contributed by atoms with Gasteiger partial charge in [0.25, 0.3) is 0 Å². The fourth-order valence-electron chi connectivity index (χ4n) is 13.5. The fraction of sp³-hybridized carbons (Fsp3) is 0.610. The average molecular weight is 1220 g/mol. The molecule has 0 aliphatic carbocycles. The molecule has 0 saturated carbocycles. The molecule has 11 unspecified atom stereocenters. The van der Waals surface area contributed by atoms with Crippen LogP contribution in [0.5, 0.6) is 28.7 Å². The molecule has 484 valence electrons. The van der Waals surface area contributed by atoms with Crippen molar-refractivity contribution in [1.29, 1.82) is 0 Å². The first kappa shape index (κ1) is 65.3. The maximum absolute atomic E-state index is 6.87. The molecule has 89 heavy (non-hydrogen) atoms. The van der Waals surface area contributed by atoms with Crippen molar-refractivity contribution >= 4 is 0 Å². The van der Waals surface area contributed by atoms with Crippen molar-refractivity contribution in [2.24, 2.45) is 17.3 Å². The summed E-state index contributed by atoms with van der Waals surface area (Å²) in [5.74, 6) is 5.18. The van der Waals surface area contributed by atoms with Crippen LogP contribution in [0.25, 0.3) is 0 Å². The van der Waals surface area contributed by atoms with Gasteiger partial charge in [-0.15, -0.1) is 0 Å². The molecule has 5 aromatic carbocycles. The zero-order valence-electron chi connectivity index (χ0n) is 55.5. The third-order valence-corrected chi connectivity index (χ3v) is 20.6. The molecule has 0 N–H and O–H groups in total. The fourth-order valence-corrected chi connectivity index (χ4v) is 13.5. The molecule has 5 aromatic rings. The summed E-state index contributed by atoms with van der Waals surface area (Å²) in [5.41, 5.74) is 9.15. The van der Waals surface area contributed by atoms with Crippen molar-refractivity contribution in [2.75, 3.05) is 79.3 Å². The van der Waals surface area contributed by atoms with E-state index in [-0.39, 0.29) is 82.1 Å². The molecule has 6 saturated heterocycles. The summed E-state index contributed by atoms with van der Waals surface area (Å²) < 4.78 is 72.6. The summed E-state index contributed by atoms with van der Waals surface area (Å²) in [4.78, 5) is 0. The van der Waals surface area contributed by atoms with Gasteiger partial charge in [-0.2, -0.15) is 0 Å². The van der Waals surface area contributed by atoms with Crippen molar-refractivity contribution in [3.8, 4) is 28.7 Å². The Morgan fingerprint density at radius 3 is 1.47 bits per heavy atom. The van der Waals surface area contributed by atoms with E-state index in [4.69, 9.17) is 56.8 Å². The first-order valence-corrected chi connectivity index (χ1v) is 34.0. The average Bonchev–Trinajstić information content (AvgIpc) is 1.75. The predicted molar refractivity (Wildman–Crippen MR) is 350 cm³/mol. The second kappa shape index (κ2) is 28.8. The number of unbranched alkanes of at least 4 members (excludes halogenated alkanes) is 2. The quantitative estimate of drug-likeness (QED) is 0.0346. The molecule has 12 heteroatoms. The minimum absolute atomic E-state index is 0.0851. The van der Waals surface area contributed by atoms with E-state index >= 15 is 0 Å². The second-order valence-corrected chi connectivity index (χ2v) is 28.8. The molecule has 6 heterocycles. The van der Waals surface area contributed by atoms with Crippen molar-refractivity contribution in [1.82, 2.24) is 0 Å². The predicted octanol–water partition coefficient (Wildman–Crippen LogP) is 15.3. The SMILES string of the molecule is CCCCC(Cc1cc(C(C)(C)C(CCC(C)OCC2CO2)C(C)C(C)(CCCC)Cc2cc(OCC3CO3)ccc2C(C)(C)c2ccc(OCC3CO3)cc2)ccc1OCC1CO1)c1cc(C(C)(C)c2ccc(OCC3CO3)cc2)ccc1OCC1CO1. The van der Waals surface area contributed by atoms with Gasteiger partial charge < -0.3 is 56.8 Å². The van der Waals surface area contributed by atoms with Gasteiger partial charge >= 0.3 is 0 Å². The van der Waals surface area contributed by atoms with Crippen molar-refractivity contribution in [3.63, 3.8) is 0 Å². The number of rotatable bonds is 40. The highest BCUT2D eigenvalue weighted by Gasteiger charge is 2.45. The van der Waals surface area contributed by atoms with Crippen LogP contribution in [0.1, 0.15) is 178 Å². The minimum Gasteiger partial charge on any atom is -0.491 e. The molecule has 0 spiro atoms. The lowest BCUT2D eigenvalue weighted by molar-refractivity contribution is 0.0254. The van der Waals surface area contributed by atoms with Crippen molar-refractivity contribution in [3.05, 3.63) is 148 Å². The maximum Gasteiger partial charge on any atom is 0.122 e. The number of ether oxygens (including phenoxy) is 12. The summed E-state index contributed by atoms with van der Waals surface area (Å²) >= 11 is 0. The van der Waals surface area contributed by atoms with Gasteiger partial charge in [-0.1, -0.05) is 150 Å². The summed E-state index contributed by atoms with van der Waals surface area (Å²) in [7, 11) is 0. The number of epoxide rings is 6. The van der Waals surface area contributed by atoms with Crippen LogP contribution in [0.2, 0.25) is 0 Å². The zero-order valence-corrected chi connectivity index (χ0v) is 55.5. The molecular formula is C77H104O12. The molecule has 0 amide bonds. The molecule has 11 atom stereocenters. The van der Waals surface area contributed by atoms with E-state index in [9.17, 15) is 0 Å². The van der Waals surface area contributed by atoms with E-state index in [1.807, 2.05) is 0 Å². The highest BCUT2D eigenvalue weighted by atomic mass is 16.6. The number of benzene rings is 5. The van der Waals surface area contributed by atoms with Gasteiger partial charge in [-0.3, -0.25) is 0 Å². The normalized spacial score (nSPS) is 22.9. The Labute approximate surface area is 532 Å². The molecule has 11 rings (SSSR count). The minimum atomic E-state index is -0.318. The number of hydrogen-bond acceptors (Lipinski definition) is 12. The Kier molecular flexibility index (Phi) is 21.1. The van der Waals surface area contributed by atoms with Crippen LogP contribution in [0.3, 0.4) is 0 Å². The largest absolute Gasteiger partial charge is 0.491 e. The molecule has 6 aliphatic rings. The van der Waals surface area contributed by atoms with E-state index in [0.29, 0.717) is 39.6 Å². The molecule has 6 fully saturated rings. The lowest BCUT2D eigenvalue weighted by Gasteiger charge is -2.48. The Morgan fingerprint density at radius 2 is 0.921 bits per heavy atom. The van der Waals surface area contributed by atoms with Crippen molar-refractivity contribution in [2.45, 2.75) is 205 Å². The highest BCUT2D eigenvalue weighted by Crippen LogP contribution is 2.52. The molecule has 6 aliphatic heterocycles. The van der Waals surface area contributed by atoms with E-state index in [2.05, 4.69) is 179 Å². The van der Waals surface area contributed by atoms with Crippen LogP contribution in [-0.2, 0) is 62.2 Å². The van der Waals surface area contributed by atoms with Gasteiger partial charge in [0.2, 0.25) is 0 Å². The second-order valence-electron chi connectivity index (χ2n) is 28.8. The van der Waals surface area contributed by atoms with Gasteiger partial charge in [0.1, 0.15) is 98.4 Å². The third kappa shape index (κ3) is 17.7. The number of hydrogen-bond donors (Lipinski definition) is 0. The molecule has 0 aromatic heterocycles. The summed E-state index contributed by atoms with van der Waals surface area (Å²) in [6, 6.07) is 38.4. The highest BCUT2D eigenvalue weighted by molar-refractivity contribution is 5.50. The van der Waals surface area contributed by atoms with Gasteiger partial charge in [-0.25, -0.2) is 0 Å². The first-order chi connectivity index (χ1) is 42.9. The van der Waals surface area contributed by atoms with E-state index < -0.39 is 0 Å². The first-order valence-electron chi connectivity index (χ1n) is 34.0. The van der Waals surface area contributed by atoms with Crippen LogP contribution >= 0.6 is 0 Å². The van der Waals surface area contributed by atoms with E-state index in [1.165, 1.54) is 44.5 Å². The van der Waals surface area contributed by atoms with Gasteiger partial charge in [0.15, 0.2) is 0 Å². The summed E-state index contributed by atoms with van der Waals surface area (Å²) in [6.07, 6.45) is 11.2. The monoisotopic (exact) mass is 1220 g/mol. The van der Waals surface area contributed by atoms with Crippen LogP contribution in [-0.4, -0.2) is 122 Å². The maximum atomic E-state index is 6.87.